The van der Waals surface area contributed by atoms with Crippen LogP contribution in [0.2, 0.25) is 5.02 Å². The van der Waals surface area contributed by atoms with E-state index in [-0.39, 0.29) is 10.7 Å². The van der Waals surface area contributed by atoms with Crippen molar-refractivity contribution in [3.8, 4) is 5.75 Å². The number of carbonyl (C=O) groups is 2. The molecule has 128 valence electrons. The van der Waals surface area contributed by atoms with Crippen LogP contribution in [0, 0.1) is 0 Å². The number of amides is 2. The van der Waals surface area contributed by atoms with Crippen molar-refractivity contribution >= 4 is 46.4 Å². The molecule has 2 aromatic carbocycles. The number of ether oxygens (including phenoxy) is 1. The van der Waals surface area contributed by atoms with Gasteiger partial charge in [0.1, 0.15) is 16.5 Å². The topological polar surface area (TPSA) is 58.6 Å². The quantitative estimate of drug-likeness (QED) is 0.795. The summed E-state index contributed by atoms with van der Waals surface area (Å²) in [6.07, 6.45) is 0. The Morgan fingerprint density at radius 1 is 1.00 bits per heavy atom. The van der Waals surface area contributed by atoms with Gasteiger partial charge in [0.2, 0.25) is 0 Å². The molecule has 0 atom stereocenters. The molecule has 1 aliphatic heterocycles. The van der Waals surface area contributed by atoms with Crippen molar-refractivity contribution in [1.82, 2.24) is 0 Å². The van der Waals surface area contributed by atoms with Crippen LogP contribution in [0.4, 0.5) is 11.4 Å². The molecule has 1 N–H and O–H groups in total. The number of nitrogens with zero attached hydrogens (tertiary/aromatic N) is 1. The number of hydrogen-bond donors (Lipinski definition) is 1. The van der Waals surface area contributed by atoms with Crippen LogP contribution in [-0.2, 0) is 9.59 Å². The van der Waals surface area contributed by atoms with Crippen LogP contribution in [0.15, 0.2) is 59.3 Å². The minimum absolute atomic E-state index is 0.00812. The lowest BCUT2D eigenvalue weighted by atomic mass is 10.2. The highest BCUT2D eigenvalue weighted by atomic mass is 35.5. The molecule has 0 unspecified atom stereocenters. The van der Waals surface area contributed by atoms with Gasteiger partial charge in [-0.15, -0.1) is 0 Å². The maximum absolute atomic E-state index is 12.7. The third-order valence-electron chi connectivity index (χ3n) is 3.56. The van der Waals surface area contributed by atoms with E-state index in [4.69, 9.17) is 27.9 Å². The molecule has 3 rings (SSSR count). The monoisotopic (exact) mass is 376 g/mol. The lowest BCUT2D eigenvalue weighted by Crippen LogP contribution is -2.32. The van der Waals surface area contributed by atoms with Crippen molar-refractivity contribution in [3.05, 3.63) is 64.3 Å². The van der Waals surface area contributed by atoms with Gasteiger partial charge >= 0.3 is 0 Å². The van der Waals surface area contributed by atoms with Crippen molar-refractivity contribution < 1.29 is 14.3 Å². The van der Waals surface area contributed by atoms with E-state index >= 15 is 0 Å². The predicted octanol–water partition coefficient (Wildman–Crippen LogP) is 4.17. The van der Waals surface area contributed by atoms with E-state index < -0.39 is 11.8 Å². The van der Waals surface area contributed by atoms with Crippen LogP contribution in [-0.4, -0.2) is 18.4 Å². The molecule has 0 aromatic heterocycles. The van der Waals surface area contributed by atoms with Gasteiger partial charge in [0, 0.05) is 5.02 Å². The molecule has 2 amide bonds. The Bertz CT molecular complexity index is 863. The fourth-order valence-electron chi connectivity index (χ4n) is 2.42. The number of rotatable bonds is 5. The van der Waals surface area contributed by atoms with E-state index in [1.165, 1.54) is 0 Å². The summed E-state index contributed by atoms with van der Waals surface area (Å²) >= 11 is 12.0. The molecule has 1 aliphatic rings. The molecule has 5 nitrogen and oxygen atoms in total. The summed E-state index contributed by atoms with van der Waals surface area (Å²) < 4.78 is 5.52. The highest BCUT2D eigenvalue weighted by molar-refractivity contribution is 6.53. The first kappa shape index (κ1) is 17.3. The molecule has 0 radical (unpaired) electrons. The zero-order valence-electron chi connectivity index (χ0n) is 13.3. The Morgan fingerprint density at radius 2 is 1.68 bits per heavy atom. The van der Waals surface area contributed by atoms with Gasteiger partial charge in [-0.2, -0.15) is 0 Å². The zero-order chi connectivity index (χ0) is 18.0. The average molecular weight is 377 g/mol. The van der Waals surface area contributed by atoms with Crippen LogP contribution >= 0.6 is 23.2 Å². The van der Waals surface area contributed by atoms with Crippen molar-refractivity contribution in [2.45, 2.75) is 6.92 Å². The van der Waals surface area contributed by atoms with E-state index in [0.29, 0.717) is 28.8 Å². The third kappa shape index (κ3) is 3.34. The Balaban J connectivity index is 1.91. The van der Waals surface area contributed by atoms with Crippen molar-refractivity contribution in [1.29, 1.82) is 0 Å². The summed E-state index contributed by atoms with van der Waals surface area (Å²) in [5, 5.41) is 3.25. The Morgan fingerprint density at radius 3 is 2.36 bits per heavy atom. The number of halogens is 2. The van der Waals surface area contributed by atoms with Crippen LogP contribution in [0.1, 0.15) is 6.92 Å². The van der Waals surface area contributed by atoms with E-state index in [1.807, 2.05) is 13.0 Å². The number of carbonyl (C=O) groups excluding carboxylic acids is 2. The lowest BCUT2D eigenvalue weighted by molar-refractivity contribution is -0.120. The third-order valence-corrected chi connectivity index (χ3v) is 4.16. The van der Waals surface area contributed by atoms with Crippen LogP contribution in [0.3, 0.4) is 0 Å². The number of nitrogens with one attached hydrogen (secondary N) is 1. The fourth-order valence-corrected chi connectivity index (χ4v) is 2.76. The van der Waals surface area contributed by atoms with Gasteiger partial charge in [-0.3, -0.25) is 9.59 Å². The Kier molecular flexibility index (Phi) is 4.97. The van der Waals surface area contributed by atoms with Crippen LogP contribution in [0.5, 0.6) is 5.75 Å². The second-order valence-corrected chi connectivity index (χ2v) is 5.98. The summed E-state index contributed by atoms with van der Waals surface area (Å²) in [6, 6.07) is 13.5. The number of para-hydroxylation sites is 2. The standard InChI is InChI=1S/C18H14Cl2N2O3/c1-2-25-14-6-4-3-5-13(14)21-16-15(20)17(23)22(18(16)24)12-9-7-11(19)8-10-12/h3-10,21H,2H2,1H3. The molecule has 0 spiro atoms. The van der Waals surface area contributed by atoms with Gasteiger partial charge in [0.25, 0.3) is 11.8 Å². The molecule has 0 aliphatic carbocycles. The van der Waals surface area contributed by atoms with E-state index in [0.717, 1.165) is 4.90 Å². The first-order valence-corrected chi connectivity index (χ1v) is 8.31. The molecule has 0 saturated carbocycles. The molecular formula is C18H14Cl2N2O3. The first-order valence-electron chi connectivity index (χ1n) is 7.56. The molecule has 25 heavy (non-hydrogen) atoms. The molecule has 1 heterocycles. The smallest absolute Gasteiger partial charge is 0.283 e. The molecule has 2 aromatic rings. The van der Waals surface area contributed by atoms with Gasteiger partial charge in [0.05, 0.1) is 18.0 Å². The minimum atomic E-state index is -0.592. The predicted molar refractivity (Wildman–Crippen MR) is 98.1 cm³/mol. The van der Waals surface area contributed by atoms with Gasteiger partial charge in [0.15, 0.2) is 0 Å². The summed E-state index contributed by atoms with van der Waals surface area (Å²) in [5.41, 5.74) is 0.956. The maximum atomic E-state index is 12.7. The fraction of sp³-hybridized carbons (Fsp3) is 0.111. The summed E-state index contributed by atoms with van der Waals surface area (Å²) in [7, 11) is 0. The molecular weight excluding hydrogens is 363 g/mol. The zero-order valence-corrected chi connectivity index (χ0v) is 14.8. The van der Waals surface area contributed by atoms with Crippen LogP contribution in [0.25, 0.3) is 0 Å². The summed E-state index contributed by atoms with van der Waals surface area (Å²) in [6.45, 7) is 2.32. The van der Waals surface area contributed by atoms with E-state index in [1.54, 1.807) is 42.5 Å². The molecule has 0 saturated heterocycles. The van der Waals surface area contributed by atoms with Crippen molar-refractivity contribution in [2.24, 2.45) is 0 Å². The number of hydrogen-bond acceptors (Lipinski definition) is 4. The normalized spacial score (nSPS) is 14.3. The Hall–Kier alpha value is -2.50. The highest BCUT2D eigenvalue weighted by Crippen LogP contribution is 2.33. The first-order chi connectivity index (χ1) is 12.0. The lowest BCUT2D eigenvalue weighted by Gasteiger charge is -2.16. The van der Waals surface area contributed by atoms with Gasteiger partial charge in [-0.05, 0) is 43.3 Å². The van der Waals surface area contributed by atoms with Gasteiger partial charge in [-0.1, -0.05) is 35.3 Å². The van der Waals surface area contributed by atoms with Crippen molar-refractivity contribution in [2.75, 3.05) is 16.8 Å². The molecule has 0 fully saturated rings. The van der Waals surface area contributed by atoms with E-state index in [2.05, 4.69) is 5.32 Å². The van der Waals surface area contributed by atoms with Crippen molar-refractivity contribution in [3.63, 3.8) is 0 Å². The maximum Gasteiger partial charge on any atom is 0.283 e. The number of anilines is 2. The van der Waals surface area contributed by atoms with Gasteiger partial charge in [-0.25, -0.2) is 4.90 Å². The minimum Gasteiger partial charge on any atom is -0.492 e. The molecule has 0 bridgehead atoms. The summed E-state index contributed by atoms with van der Waals surface area (Å²) in [5.74, 6) is -0.568. The Labute approximate surface area is 154 Å². The van der Waals surface area contributed by atoms with Crippen LogP contribution < -0.4 is 15.0 Å². The van der Waals surface area contributed by atoms with Gasteiger partial charge < -0.3 is 10.1 Å². The highest BCUT2D eigenvalue weighted by Gasteiger charge is 2.39. The number of benzene rings is 2. The summed E-state index contributed by atoms with van der Waals surface area (Å²) in [4.78, 5) is 26.1. The second-order valence-electron chi connectivity index (χ2n) is 5.17. The second kappa shape index (κ2) is 7.17. The SMILES string of the molecule is CCOc1ccccc1NC1=C(Cl)C(=O)N(c2ccc(Cl)cc2)C1=O. The largest absolute Gasteiger partial charge is 0.492 e. The van der Waals surface area contributed by atoms with E-state index in [9.17, 15) is 9.59 Å². The molecule has 7 heteroatoms. The number of imide groups is 1. The average Bonchev–Trinajstić information content (AvgIpc) is 2.81.